The van der Waals surface area contributed by atoms with Crippen LogP contribution in [0.25, 0.3) is 11.1 Å². The number of aliphatic hydroxyl groups excluding tert-OH is 1. The highest BCUT2D eigenvalue weighted by Crippen LogP contribution is 2.49. The smallest absolute Gasteiger partial charge is 0.324 e. The van der Waals surface area contributed by atoms with Crippen molar-refractivity contribution in [3.05, 3.63) is 87.7 Å². The van der Waals surface area contributed by atoms with Crippen molar-refractivity contribution in [2.75, 3.05) is 26.8 Å². The van der Waals surface area contributed by atoms with Crippen LogP contribution in [0.4, 0.5) is 4.79 Å². The Hall–Kier alpha value is -3.50. The van der Waals surface area contributed by atoms with Gasteiger partial charge in [0, 0.05) is 30.4 Å². The first-order valence-electron chi connectivity index (χ1n) is 11.8. The summed E-state index contributed by atoms with van der Waals surface area (Å²) in [4.78, 5) is 45.6. The normalized spacial score (nSPS) is 19.6. The number of aromatic nitrogens is 1. The number of fused-ring (bicyclic) bond motifs is 1. The van der Waals surface area contributed by atoms with E-state index < -0.39 is 30.2 Å². The Bertz CT molecular complexity index is 1400. The number of imide groups is 1. The van der Waals surface area contributed by atoms with E-state index in [1.807, 2.05) is 24.3 Å². The molecule has 2 aliphatic heterocycles. The number of amides is 4. The van der Waals surface area contributed by atoms with E-state index in [-0.39, 0.29) is 25.5 Å². The summed E-state index contributed by atoms with van der Waals surface area (Å²) in [6.45, 7) is -0.585. The van der Waals surface area contributed by atoms with E-state index in [1.54, 1.807) is 30.3 Å². The second-order valence-electron chi connectivity index (χ2n) is 9.11. The summed E-state index contributed by atoms with van der Waals surface area (Å²) in [6.07, 6.45) is 1.49. The molecule has 0 aliphatic carbocycles. The third-order valence-electron chi connectivity index (χ3n) is 6.97. The number of nitrogens with zero attached hydrogens (tertiary/aromatic N) is 3. The van der Waals surface area contributed by atoms with Crippen molar-refractivity contribution in [2.24, 2.45) is 5.92 Å². The summed E-state index contributed by atoms with van der Waals surface area (Å²) in [5.41, 5.74) is 1.47. The number of halogens is 2. The number of nitrogens with one attached hydrogen (secondary N) is 1. The molecule has 0 spiro atoms. The molecule has 11 heteroatoms. The molecule has 9 nitrogen and oxygen atoms in total. The standard InChI is InChI=1S/C27H24Cl2N4O5/c1-38-27(17(15-34)12-32-14-23(35)31-26(32)37)22-4-2-3-21(16-5-7-18(28)8-6-16)24(22)25(36)33(27)13-20-10-9-19(29)11-30-20/h2-11,17,34H,12-15H2,1H3,(H,31,35,37)/t17?,27-/m1/s1. The Morgan fingerprint density at radius 2 is 1.82 bits per heavy atom. The van der Waals surface area contributed by atoms with Gasteiger partial charge in [-0.25, -0.2) is 4.79 Å². The first-order valence-corrected chi connectivity index (χ1v) is 12.6. The SMILES string of the molecule is CO[C@]1(C(CO)CN2CC(=O)NC2=O)c2cccc(-c3ccc(Cl)cc3)c2C(=O)N1Cc1ccc(Cl)cn1. The van der Waals surface area contributed by atoms with Gasteiger partial charge in [-0.1, -0.05) is 53.5 Å². The second-order valence-corrected chi connectivity index (χ2v) is 9.98. The third-order valence-corrected chi connectivity index (χ3v) is 7.44. The van der Waals surface area contributed by atoms with E-state index in [0.29, 0.717) is 32.4 Å². The van der Waals surface area contributed by atoms with E-state index in [9.17, 15) is 19.5 Å². The number of ether oxygens (including phenoxy) is 1. The highest BCUT2D eigenvalue weighted by atomic mass is 35.5. The van der Waals surface area contributed by atoms with Crippen LogP contribution in [0.5, 0.6) is 0 Å². The van der Waals surface area contributed by atoms with Crippen molar-refractivity contribution in [3.63, 3.8) is 0 Å². The van der Waals surface area contributed by atoms with Crippen LogP contribution in [-0.2, 0) is 21.8 Å². The van der Waals surface area contributed by atoms with Crippen LogP contribution in [0.1, 0.15) is 21.6 Å². The monoisotopic (exact) mass is 554 g/mol. The van der Waals surface area contributed by atoms with Crippen LogP contribution in [0.15, 0.2) is 60.8 Å². The molecule has 1 unspecified atom stereocenters. The van der Waals surface area contributed by atoms with Gasteiger partial charge in [-0.3, -0.25) is 24.8 Å². The molecule has 0 saturated carbocycles. The minimum Gasteiger partial charge on any atom is -0.396 e. The van der Waals surface area contributed by atoms with Gasteiger partial charge in [0.1, 0.15) is 6.54 Å². The maximum atomic E-state index is 14.2. The first-order chi connectivity index (χ1) is 18.3. The van der Waals surface area contributed by atoms with Crippen molar-refractivity contribution in [2.45, 2.75) is 12.3 Å². The van der Waals surface area contributed by atoms with E-state index in [4.69, 9.17) is 27.9 Å². The molecular weight excluding hydrogens is 531 g/mol. The Morgan fingerprint density at radius 1 is 1.08 bits per heavy atom. The lowest BCUT2D eigenvalue weighted by Gasteiger charge is -2.43. The third kappa shape index (κ3) is 4.41. The van der Waals surface area contributed by atoms with Gasteiger partial charge < -0.3 is 14.7 Å². The molecule has 2 atom stereocenters. The maximum Gasteiger partial charge on any atom is 0.324 e. The number of benzene rings is 2. The van der Waals surface area contributed by atoms with Gasteiger partial charge in [0.05, 0.1) is 35.3 Å². The van der Waals surface area contributed by atoms with Crippen LogP contribution in [0, 0.1) is 5.92 Å². The quantitative estimate of drug-likeness (QED) is 0.411. The fraction of sp³-hybridized carbons (Fsp3) is 0.259. The van der Waals surface area contributed by atoms with E-state index >= 15 is 0 Å². The lowest BCUT2D eigenvalue weighted by atomic mass is 9.85. The van der Waals surface area contributed by atoms with Gasteiger partial charge in [0.2, 0.25) is 5.91 Å². The minimum atomic E-state index is -1.48. The predicted molar refractivity (Wildman–Crippen MR) is 140 cm³/mol. The summed E-state index contributed by atoms with van der Waals surface area (Å²) in [7, 11) is 1.46. The molecule has 1 aromatic heterocycles. The molecule has 4 amide bonds. The highest BCUT2D eigenvalue weighted by molar-refractivity contribution is 6.30. The van der Waals surface area contributed by atoms with E-state index in [0.717, 1.165) is 5.56 Å². The number of hydrogen-bond acceptors (Lipinski definition) is 6. The number of hydrogen-bond donors (Lipinski definition) is 2. The fourth-order valence-electron chi connectivity index (χ4n) is 5.26. The zero-order valence-electron chi connectivity index (χ0n) is 20.4. The molecule has 2 N–H and O–H groups in total. The molecular formula is C27H24Cl2N4O5. The fourth-order valence-corrected chi connectivity index (χ4v) is 5.50. The van der Waals surface area contributed by atoms with Crippen LogP contribution < -0.4 is 5.32 Å². The van der Waals surface area contributed by atoms with Crippen molar-refractivity contribution in [3.8, 4) is 11.1 Å². The van der Waals surface area contributed by atoms with Crippen LogP contribution in [0.2, 0.25) is 10.0 Å². The van der Waals surface area contributed by atoms with Crippen LogP contribution >= 0.6 is 23.2 Å². The maximum absolute atomic E-state index is 14.2. The number of rotatable bonds is 8. The number of urea groups is 1. The molecule has 5 rings (SSSR count). The van der Waals surface area contributed by atoms with Crippen molar-refractivity contribution < 1.29 is 24.2 Å². The van der Waals surface area contributed by atoms with Crippen molar-refractivity contribution in [1.29, 1.82) is 0 Å². The average Bonchev–Trinajstić information content (AvgIpc) is 3.36. The van der Waals surface area contributed by atoms with Crippen molar-refractivity contribution in [1.82, 2.24) is 20.1 Å². The lowest BCUT2D eigenvalue weighted by Crippen LogP contribution is -2.54. The van der Waals surface area contributed by atoms with Gasteiger partial charge >= 0.3 is 6.03 Å². The van der Waals surface area contributed by atoms with Crippen LogP contribution in [0.3, 0.4) is 0 Å². The molecule has 0 bridgehead atoms. The van der Waals surface area contributed by atoms with E-state index in [2.05, 4.69) is 10.3 Å². The minimum absolute atomic E-state index is 0.0373. The van der Waals surface area contributed by atoms with Gasteiger partial charge in [-0.2, -0.15) is 0 Å². The Labute approximate surface area is 228 Å². The first kappa shape index (κ1) is 26.1. The Morgan fingerprint density at radius 3 is 2.42 bits per heavy atom. The summed E-state index contributed by atoms with van der Waals surface area (Å²) < 4.78 is 6.17. The lowest BCUT2D eigenvalue weighted by molar-refractivity contribution is -0.170. The van der Waals surface area contributed by atoms with E-state index in [1.165, 1.54) is 23.1 Å². The predicted octanol–water partition coefficient (Wildman–Crippen LogP) is 3.67. The summed E-state index contributed by atoms with van der Waals surface area (Å²) >= 11 is 12.1. The van der Waals surface area contributed by atoms with Gasteiger partial charge in [-0.15, -0.1) is 0 Å². The largest absolute Gasteiger partial charge is 0.396 e. The number of aliphatic hydroxyl groups is 1. The molecule has 3 heterocycles. The number of carbonyl (C=O) groups excluding carboxylic acids is 3. The number of methoxy groups -OCH3 is 1. The zero-order chi connectivity index (χ0) is 27.0. The average molecular weight is 555 g/mol. The molecule has 1 saturated heterocycles. The molecule has 3 aromatic rings. The summed E-state index contributed by atoms with van der Waals surface area (Å²) in [6, 6.07) is 15.4. The second kappa shape index (κ2) is 10.3. The molecule has 2 aromatic carbocycles. The number of carbonyl (C=O) groups is 3. The Balaban J connectivity index is 1.67. The summed E-state index contributed by atoms with van der Waals surface area (Å²) in [5, 5.41) is 13.9. The van der Waals surface area contributed by atoms with Gasteiger partial charge in [0.25, 0.3) is 5.91 Å². The number of pyridine rings is 1. The zero-order valence-corrected chi connectivity index (χ0v) is 21.9. The molecule has 2 aliphatic rings. The van der Waals surface area contributed by atoms with Crippen molar-refractivity contribution >= 4 is 41.0 Å². The molecule has 0 radical (unpaired) electrons. The molecule has 196 valence electrons. The molecule has 38 heavy (non-hydrogen) atoms. The highest BCUT2D eigenvalue weighted by Gasteiger charge is 2.56. The van der Waals surface area contributed by atoms with Crippen LogP contribution in [-0.4, -0.2) is 64.5 Å². The van der Waals surface area contributed by atoms with Gasteiger partial charge in [-0.05, 0) is 35.4 Å². The molecule has 1 fully saturated rings. The van der Waals surface area contributed by atoms with Gasteiger partial charge in [0.15, 0.2) is 5.72 Å². The Kier molecular flexibility index (Phi) is 7.11. The summed E-state index contributed by atoms with van der Waals surface area (Å²) in [5.74, 6) is -1.57. The topological polar surface area (TPSA) is 112 Å².